The molecule has 0 spiro atoms. The van der Waals surface area contributed by atoms with E-state index in [1.807, 2.05) is 14.1 Å². The van der Waals surface area contributed by atoms with Crippen molar-refractivity contribution >= 4 is 12.4 Å². The molecule has 0 atom stereocenters. The Kier molecular flexibility index (Phi) is 1300. The van der Waals surface area contributed by atoms with Crippen molar-refractivity contribution < 1.29 is 0 Å². The molecule has 0 aliphatic rings. The van der Waals surface area contributed by atoms with Gasteiger partial charge in [-0.15, -0.1) is 38.7 Å². The molecule has 8 heavy (non-hydrogen) atoms. The zero-order valence-corrected chi connectivity index (χ0v) is 6.55. The van der Waals surface area contributed by atoms with Gasteiger partial charge in [-0.3, -0.25) is 0 Å². The van der Waals surface area contributed by atoms with Crippen LogP contribution in [0.4, 0.5) is 0 Å². The van der Waals surface area contributed by atoms with Crippen LogP contribution in [-0.4, -0.2) is 14.1 Å². The summed E-state index contributed by atoms with van der Waals surface area (Å²) in [5.74, 6) is 0. The average Bonchev–Trinajstić information content (AvgIpc) is 1.78. The SMILES string of the molecule is C=C.C=C.CNC.Cl. The van der Waals surface area contributed by atoms with E-state index in [9.17, 15) is 0 Å². The van der Waals surface area contributed by atoms with Crippen LogP contribution < -0.4 is 5.32 Å². The number of hydrogen-bond donors (Lipinski definition) is 1. The molecule has 0 radical (unpaired) electrons. The summed E-state index contributed by atoms with van der Waals surface area (Å²) in [7, 11) is 3.75. The first-order valence-corrected chi connectivity index (χ1v) is 2.00. The highest BCUT2D eigenvalue weighted by Crippen LogP contribution is 0.981. The molecule has 2 heteroatoms. The third-order valence-corrected chi connectivity index (χ3v) is 0. The second kappa shape index (κ2) is 415. The van der Waals surface area contributed by atoms with Gasteiger partial charge in [-0.05, 0) is 14.1 Å². The predicted molar refractivity (Wildman–Crippen MR) is 44.7 cm³/mol. The molecule has 0 bridgehead atoms. The highest BCUT2D eigenvalue weighted by molar-refractivity contribution is 5.85. The first kappa shape index (κ1) is 25.2. The third-order valence-electron chi connectivity index (χ3n) is 0. The van der Waals surface area contributed by atoms with Crippen LogP contribution in [0.15, 0.2) is 26.3 Å². The van der Waals surface area contributed by atoms with Gasteiger partial charge in [0.2, 0.25) is 0 Å². The lowest BCUT2D eigenvalue weighted by Gasteiger charge is -1.59. The van der Waals surface area contributed by atoms with Crippen molar-refractivity contribution in [1.29, 1.82) is 0 Å². The van der Waals surface area contributed by atoms with Gasteiger partial charge in [0.1, 0.15) is 0 Å². The topological polar surface area (TPSA) is 12.0 Å². The molecule has 0 aliphatic heterocycles. The third kappa shape index (κ3) is 1760. The van der Waals surface area contributed by atoms with Crippen LogP contribution in [0.5, 0.6) is 0 Å². The van der Waals surface area contributed by atoms with E-state index >= 15 is 0 Å². The van der Waals surface area contributed by atoms with Crippen molar-refractivity contribution in [2.45, 2.75) is 0 Å². The molecular weight excluding hydrogens is 122 g/mol. The maximum Gasteiger partial charge on any atom is -0.0167 e. The molecule has 1 N–H and O–H groups in total. The minimum Gasteiger partial charge on any atom is -0.323 e. The van der Waals surface area contributed by atoms with Crippen LogP contribution in [-0.2, 0) is 0 Å². The van der Waals surface area contributed by atoms with E-state index in [4.69, 9.17) is 0 Å². The number of hydrogen-bond acceptors (Lipinski definition) is 1. The second-order valence-electron chi connectivity index (χ2n) is 0.500. The van der Waals surface area contributed by atoms with Gasteiger partial charge in [0.25, 0.3) is 0 Å². The molecule has 0 saturated carbocycles. The summed E-state index contributed by atoms with van der Waals surface area (Å²) in [6.07, 6.45) is 0. The van der Waals surface area contributed by atoms with E-state index in [2.05, 4.69) is 31.6 Å². The van der Waals surface area contributed by atoms with Gasteiger partial charge in [-0.25, -0.2) is 0 Å². The van der Waals surface area contributed by atoms with Crippen molar-refractivity contribution in [3.63, 3.8) is 0 Å². The summed E-state index contributed by atoms with van der Waals surface area (Å²) >= 11 is 0. The standard InChI is InChI=1S/C2H7N.2C2H4.ClH/c1-3-2;2*1-2;/h3H,1-2H3;2*1-2H2;1H. The summed E-state index contributed by atoms with van der Waals surface area (Å²) < 4.78 is 0. The molecule has 0 aromatic heterocycles. The molecule has 0 fully saturated rings. The average molecular weight is 138 g/mol. The molecule has 52 valence electrons. The Morgan fingerprint density at radius 1 is 0.875 bits per heavy atom. The summed E-state index contributed by atoms with van der Waals surface area (Å²) in [6, 6.07) is 0. The minimum atomic E-state index is 0. The molecular formula is C6H16ClN. The number of rotatable bonds is 0. The van der Waals surface area contributed by atoms with E-state index in [1.165, 1.54) is 0 Å². The first-order valence-electron chi connectivity index (χ1n) is 2.00. The molecule has 0 aromatic carbocycles. The summed E-state index contributed by atoms with van der Waals surface area (Å²) in [4.78, 5) is 0. The van der Waals surface area contributed by atoms with Crippen LogP contribution in [0.3, 0.4) is 0 Å². The molecule has 0 heterocycles. The summed E-state index contributed by atoms with van der Waals surface area (Å²) in [6.45, 7) is 12.0. The van der Waals surface area contributed by atoms with Crippen molar-refractivity contribution in [2.75, 3.05) is 14.1 Å². The Labute approximate surface area is 58.9 Å². The van der Waals surface area contributed by atoms with Gasteiger partial charge in [0.15, 0.2) is 0 Å². The summed E-state index contributed by atoms with van der Waals surface area (Å²) in [5, 5.41) is 2.75. The van der Waals surface area contributed by atoms with Gasteiger partial charge in [-0.1, -0.05) is 0 Å². The van der Waals surface area contributed by atoms with Crippen LogP contribution in [0, 0.1) is 0 Å². The fourth-order valence-corrected chi connectivity index (χ4v) is 0. The van der Waals surface area contributed by atoms with Crippen molar-refractivity contribution in [3.05, 3.63) is 26.3 Å². The molecule has 1 nitrogen and oxygen atoms in total. The lowest BCUT2D eigenvalue weighted by molar-refractivity contribution is 1.02. The fraction of sp³-hybridized carbons (Fsp3) is 0.333. The molecule has 0 aromatic rings. The first-order chi connectivity index (χ1) is 3.41. The second-order valence-corrected chi connectivity index (χ2v) is 0.500. The van der Waals surface area contributed by atoms with Crippen LogP contribution >= 0.6 is 12.4 Å². The summed E-state index contributed by atoms with van der Waals surface area (Å²) in [5.41, 5.74) is 0. The van der Waals surface area contributed by atoms with E-state index in [0.717, 1.165) is 0 Å². The van der Waals surface area contributed by atoms with E-state index < -0.39 is 0 Å². The van der Waals surface area contributed by atoms with Crippen molar-refractivity contribution in [2.24, 2.45) is 0 Å². The van der Waals surface area contributed by atoms with Gasteiger partial charge in [0.05, 0.1) is 0 Å². The zero-order chi connectivity index (χ0) is 6.71. The largest absolute Gasteiger partial charge is 0.323 e. The van der Waals surface area contributed by atoms with Crippen molar-refractivity contribution in [3.8, 4) is 0 Å². The molecule has 0 saturated heterocycles. The maximum atomic E-state index is 3.00. The smallest absolute Gasteiger partial charge is 0.0167 e. The van der Waals surface area contributed by atoms with Crippen molar-refractivity contribution in [1.82, 2.24) is 5.32 Å². The quantitative estimate of drug-likeness (QED) is 0.503. The maximum absolute atomic E-state index is 3.00. The monoisotopic (exact) mass is 137 g/mol. The lowest BCUT2D eigenvalue weighted by Crippen LogP contribution is -1.89. The van der Waals surface area contributed by atoms with Crippen LogP contribution in [0.2, 0.25) is 0 Å². The van der Waals surface area contributed by atoms with Crippen LogP contribution in [0.1, 0.15) is 0 Å². The van der Waals surface area contributed by atoms with Crippen LogP contribution in [0.25, 0.3) is 0 Å². The predicted octanol–water partition coefficient (Wildman–Crippen LogP) is 1.86. The fourth-order valence-electron chi connectivity index (χ4n) is 0. The van der Waals surface area contributed by atoms with Gasteiger partial charge in [-0.2, -0.15) is 0 Å². The highest BCUT2D eigenvalue weighted by Gasteiger charge is 1.25. The molecule has 0 unspecified atom stereocenters. The normalized spacial score (nSPS) is 3.25. The van der Waals surface area contributed by atoms with E-state index in [-0.39, 0.29) is 12.4 Å². The number of nitrogens with one attached hydrogen (secondary N) is 1. The Bertz CT molecular complexity index is 16.0. The Morgan fingerprint density at radius 3 is 0.875 bits per heavy atom. The Hall–Kier alpha value is -0.270. The Morgan fingerprint density at radius 2 is 0.875 bits per heavy atom. The van der Waals surface area contributed by atoms with E-state index in [1.54, 1.807) is 0 Å². The Balaban J connectivity index is -0.0000000147. The van der Waals surface area contributed by atoms with Gasteiger partial charge < -0.3 is 5.32 Å². The number of halogens is 1. The minimum absolute atomic E-state index is 0. The molecule has 0 rings (SSSR count). The lowest BCUT2D eigenvalue weighted by atomic mass is 11.3. The zero-order valence-electron chi connectivity index (χ0n) is 5.74. The molecule has 0 aliphatic carbocycles. The van der Waals surface area contributed by atoms with E-state index in [0.29, 0.717) is 0 Å². The molecule has 0 amide bonds. The van der Waals surface area contributed by atoms with Gasteiger partial charge >= 0.3 is 0 Å². The van der Waals surface area contributed by atoms with Gasteiger partial charge in [0, 0.05) is 0 Å². The highest BCUT2D eigenvalue weighted by atomic mass is 35.5.